The zero-order valence-corrected chi connectivity index (χ0v) is 10.2. The summed E-state index contributed by atoms with van der Waals surface area (Å²) in [7, 11) is 0. The van der Waals surface area contributed by atoms with Crippen molar-refractivity contribution in [1.82, 2.24) is 5.32 Å². The van der Waals surface area contributed by atoms with E-state index in [1.807, 2.05) is 0 Å². The molecule has 0 spiro atoms. The van der Waals surface area contributed by atoms with Crippen LogP contribution in [-0.2, 0) is 0 Å². The Morgan fingerprint density at radius 1 is 1.32 bits per heavy atom. The minimum absolute atomic E-state index is 0.292. The van der Waals surface area contributed by atoms with Gasteiger partial charge in [-0.05, 0) is 36.8 Å². The first kappa shape index (κ1) is 13.3. The Labute approximate surface area is 109 Å². The summed E-state index contributed by atoms with van der Waals surface area (Å²) in [4.78, 5) is 11.7. The number of benzene rings is 1. The largest absolute Gasteiger partial charge is 0.472 e. The molecule has 5 heteroatoms. The molecule has 1 aromatic carbocycles. The summed E-state index contributed by atoms with van der Waals surface area (Å²) in [5.41, 5.74) is 1.07. The lowest BCUT2D eigenvalue weighted by Gasteiger charge is -2.09. The van der Waals surface area contributed by atoms with Gasteiger partial charge in [0.15, 0.2) is 0 Å². The van der Waals surface area contributed by atoms with Crippen LogP contribution in [-0.4, -0.2) is 17.6 Å². The molecule has 1 amide bonds. The summed E-state index contributed by atoms with van der Waals surface area (Å²) < 4.78 is 17.6. The fourth-order valence-electron chi connectivity index (χ4n) is 1.66. The zero-order chi connectivity index (χ0) is 13.7. The molecule has 0 fully saturated rings. The van der Waals surface area contributed by atoms with Crippen LogP contribution in [0.1, 0.15) is 28.4 Å². The molecule has 4 nitrogen and oxygen atoms in total. The fourth-order valence-corrected chi connectivity index (χ4v) is 1.66. The molecule has 1 unspecified atom stereocenters. The molecule has 0 saturated carbocycles. The van der Waals surface area contributed by atoms with Gasteiger partial charge in [-0.1, -0.05) is 0 Å². The summed E-state index contributed by atoms with van der Waals surface area (Å²) in [6, 6.07) is 6.96. The van der Waals surface area contributed by atoms with Gasteiger partial charge in [-0.2, -0.15) is 0 Å². The van der Waals surface area contributed by atoms with Crippen LogP contribution in [0.15, 0.2) is 47.3 Å². The van der Waals surface area contributed by atoms with E-state index in [4.69, 9.17) is 4.42 Å². The molecule has 2 N–H and O–H groups in total. The van der Waals surface area contributed by atoms with Crippen molar-refractivity contribution in [2.75, 3.05) is 6.54 Å². The summed E-state index contributed by atoms with van der Waals surface area (Å²) in [5, 5.41) is 12.4. The summed E-state index contributed by atoms with van der Waals surface area (Å²) >= 11 is 0. The van der Waals surface area contributed by atoms with Crippen LogP contribution in [0.4, 0.5) is 4.39 Å². The van der Waals surface area contributed by atoms with E-state index in [1.54, 1.807) is 6.07 Å². The first-order chi connectivity index (χ1) is 9.16. The number of rotatable bonds is 5. The maximum atomic E-state index is 12.7. The van der Waals surface area contributed by atoms with E-state index >= 15 is 0 Å². The normalized spacial score (nSPS) is 12.1. The standard InChI is InChI=1S/C14H14FNO3/c15-12-3-1-10(2-4-12)14(18)16-7-5-13(17)11-6-8-19-9-11/h1-4,6,8-9,13,17H,5,7H2,(H,16,18). The quantitative estimate of drug-likeness (QED) is 0.869. The predicted molar refractivity (Wildman–Crippen MR) is 67.0 cm³/mol. The number of furan rings is 1. The second kappa shape index (κ2) is 6.15. The number of carbonyl (C=O) groups is 1. The number of carbonyl (C=O) groups excluding carboxylic acids is 1. The third-order valence-electron chi connectivity index (χ3n) is 2.74. The molecule has 0 aliphatic heterocycles. The van der Waals surface area contributed by atoms with Gasteiger partial charge in [-0.25, -0.2) is 4.39 Å². The smallest absolute Gasteiger partial charge is 0.251 e. The molecule has 0 saturated heterocycles. The lowest BCUT2D eigenvalue weighted by Crippen LogP contribution is -2.25. The molecule has 19 heavy (non-hydrogen) atoms. The topological polar surface area (TPSA) is 62.5 Å². The van der Waals surface area contributed by atoms with Gasteiger partial charge in [0.1, 0.15) is 5.82 Å². The lowest BCUT2D eigenvalue weighted by atomic mass is 10.1. The van der Waals surface area contributed by atoms with Crippen molar-refractivity contribution in [2.24, 2.45) is 0 Å². The predicted octanol–water partition coefficient (Wildman–Crippen LogP) is 2.27. The van der Waals surface area contributed by atoms with Crippen LogP contribution >= 0.6 is 0 Å². The van der Waals surface area contributed by atoms with E-state index in [-0.39, 0.29) is 11.7 Å². The summed E-state index contributed by atoms with van der Waals surface area (Å²) in [6.07, 6.45) is 2.65. The van der Waals surface area contributed by atoms with Gasteiger partial charge < -0.3 is 14.8 Å². The van der Waals surface area contributed by atoms with Gasteiger partial charge in [0.2, 0.25) is 0 Å². The second-order valence-electron chi connectivity index (χ2n) is 4.12. The number of hydrogen-bond acceptors (Lipinski definition) is 3. The van der Waals surface area contributed by atoms with E-state index in [0.29, 0.717) is 24.1 Å². The van der Waals surface area contributed by atoms with Gasteiger partial charge in [-0.15, -0.1) is 0 Å². The van der Waals surface area contributed by atoms with E-state index in [2.05, 4.69) is 5.32 Å². The first-order valence-electron chi connectivity index (χ1n) is 5.91. The lowest BCUT2D eigenvalue weighted by molar-refractivity contribution is 0.0942. The molecular formula is C14H14FNO3. The van der Waals surface area contributed by atoms with Crippen LogP contribution in [0, 0.1) is 5.82 Å². The van der Waals surface area contributed by atoms with Gasteiger partial charge in [0.05, 0.1) is 18.6 Å². The van der Waals surface area contributed by atoms with E-state index in [9.17, 15) is 14.3 Å². The highest BCUT2D eigenvalue weighted by Crippen LogP contribution is 2.15. The van der Waals surface area contributed by atoms with Crippen molar-refractivity contribution in [1.29, 1.82) is 0 Å². The third-order valence-corrected chi connectivity index (χ3v) is 2.74. The molecule has 0 aliphatic carbocycles. The van der Waals surface area contributed by atoms with Crippen molar-refractivity contribution in [3.63, 3.8) is 0 Å². The summed E-state index contributed by atoms with van der Waals surface area (Å²) in [6.45, 7) is 0.322. The highest BCUT2D eigenvalue weighted by Gasteiger charge is 2.10. The monoisotopic (exact) mass is 263 g/mol. The molecule has 0 aliphatic rings. The average molecular weight is 263 g/mol. The molecule has 0 radical (unpaired) electrons. The maximum absolute atomic E-state index is 12.7. The Hall–Kier alpha value is -2.14. The highest BCUT2D eigenvalue weighted by atomic mass is 19.1. The molecule has 1 aromatic heterocycles. The van der Waals surface area contributed by atoms with E-state index < -0.39 is 6.10 Å². The van der Waals surface area contributed by atoms with Gasteiger partial charge in [0, 0.05) is 17.7 Å². The number of aliphatic hydroxyl groups is 1. The minimum atomic E-state index is -0.674. The van der Waals surface area contributed by atoms with Crippen LogP contribution in [0.3, 0.4) is 0 Å². The van der Waals surface area contributed by atoms with Crippen molar-refractivity contribution < 1.29 is 18.7 Å². The van der Waals surface area contributed by atoms with Gasteiger partial charge in [0.25, 0.3) is 5.91 Å². The molecule has 1 heterocycles. The van der Waals surface area contributed by atoms with Crippen molar-refractivity contribution >= 4 is 5.91 Å². The molecular weight excluding hydrogens is 249 g/mol. The Morgan fingerprint density at radius 2 is 2.05 bits per heavy atom. The molecule has 0 bridgehead atoms. The Bertz CT molecular complexity index is 522. The number of halogens is 1. The highest BCUT2D eigenvalue weighted by molar-refractivity contribution is 5.94. The van der Waals surface area contributed by atoms with Crippen molar-refractivity contribution in [2.45, 2.75) is 12.5 Å². The van der Waals surface area contributed by atoms with Crippen LogP contribution < -0.4 is 5.32 Å². The van der Waals surface area contributed by atoms with Gasteiger partial charge in [-0.3, -0.25) is 4.79 Å². The molecule has 2 rings (SSSR count). The van der Waals surface area contributed by atoms with Crippen LogP contribution in [0.5, 0.6) is 0 Å². The SMILES string of the molecule is O=C(NCCC(O)c1ccoc1)c1ccc(F)cc1. The Kier molecular flexibility index (Phi) is 4.30. The van der Waals surface area contributed by atoms with Gasteiger partial charge >= 0.3 is 0 Å². The molecule has 100 valence electrons. The molecule has 1 atom stereocenters. The number of hydrogen-bond donors (Lipinski definition) is 2. The third kappa shape index (κ3) is 3.66. The van der Waals surface area contributed by atoms with E-state index in [1.165, 1.54) is 36.8 Å². The first-order valence-corrected chi connectivity index (χ1v) is 5.91. The summed E-state index contributed by atoms with van der Waals surface area (Å²) in [5.74, 6) is -0.675. The Morgan fingerprint density at radius 3 is 2.68 bits per heavy atom. The Balaban J connectivity index is 1.79. The number of aliphatic hydroxyl groups excluding tert-OH is 1. The van der Waals surface area contributed by atoms with Crippen LogP contribution in [0.2, 0.25) is 0 Å². The fraction of sp³-hybridized carbons (Fsp3) is 0.214. The minimum Gasteiger partial charge on any atom is -0.472 e. The zero-order valence-electron chi connectivity index (χ0n) is 10.2. The van der Waals surface area contributed by atoms with Crippen molar-refractivity contribution in [3.8, 4) is 0 Å². The molecule has 2 aromatic rings. The van der Waals surface area contributed by atoms with Crippen LogP contribution in [0.25, 0.3) is 0 Å². The number of nitrogens with one attached hydrogen (secondary N) is 1. The second-order valence-corrected chi connectivity index (χ2v) is 4.12. The number of amides is 1. The van der Waals surface area contributed by atoms with Crippen molar-refractivity contribution in [3.05, 3.63) is 59.8 Å². The average Bonchev–Trinajstić information content (AvgIpc) is 2.93. The van der Waals surface area contributed by atoms with E-state index in [0.717, 1.165) is 0 Å². The maximum Gasteiger partial charge on any atom is 0.251 e.